The minimum atomic E-state index is 0.0991. The molecule has 0 unspecified atom stereocenters. The van der Waals surface area contributed by atoms with Gasteiger partial charge in [-0.3, -0.25) is 4.79 Å². The summed E-state index contributed by atoms with van der Waals surface area (Å²) in [7, 11) is 0. The molecule has 6 nitrogen and oxygen atoms in total. The molecule has 0 aliphatic carbocycles. The van der Waals surface area contributed by atoms with E-state index in [4.69, 9.17) is 4.74 Å². The van der Waals surface area contributed by atoms with Gasteiger partial charge in [0.2, 0.25) is 0 Å². The molecule has 0 atom stereocenters. The van der Waals surface area contributed by atoms with Crippen molar-refractivity contribution in [3.63, 3.8) is 0 Å². The Morgan fingerprint density at radius 1 is 1.20 bits per heavy atom. The number of morpholine rings is 1. The molecule has 4 rings (SSSR count). The van der Waals surface area contributed by atoms with Crippen LogP contribution >= 0.6 is 11.3 Å². The molecule has 0 aromatic carbocycles. The predicted molar refractivity (Wildman–Crippen MR) is 99.5 cm³/mol. The summed E-state index contributed by atoms with van der Waals surface area (Å²) >= 11 is 1.49. The SMILES string of the molecule is Cc1c(C(=O)N2CCOCC2)sc2ncnc(N3CCC(C)CC3)c12. The molecule has 2 saturated heterocycles. The molecule has 2 aromatic heterocycles. The van der Waals surface area contributed by atoms with Crippen molar-refractivity contribution in [3.05, 3.63) is 16.8 Å². The lowest BCUT2D eigenvalue weighted by atomic mass is 9.99. The molecule has 7 heteroatoms. The molecule has 25 heavy (non-hydrogen) atoms. The minimum absolute atomic E-state index is 0.0991. The molecule has 4 heterocycles. The van der Waals surface area contributed by atoms with Gasteiger partial charge in [0.15, 0.2) is 0 Å². The Morgan fingerprint density at radius 2 is 1.92 bits per heavy atom. The van der Waals surface area contributed by atoms with Crippen LogP contribution < -0.4 is 4.90 Å². The van der Waals surface area contributed by atoms with Gasteiger partial charge in [0.25, 0.3) is 5.91 Å². The first-order valence-electron chi connectivity index (χ1n) is 9.01. The third-order valence-corrected chi connectivity index (χ3v) is 6.47. The highest BCUT2D eigenvalue weighted by Gasteiger charge is 2.27. The van der Waals surface area contributed by atoms with Crippen molar-refractivity contribution in [3.8, 4) is 0 Å². The number of aryl methyl sites for hydroxylation is 1. The summed E-state index contributed by atoms with van der Waals surface area (Å²) in [6.07, 6.45) is 4.01. The van der Waals surface area contributed by atoms with E-state index >= 15 is 0 Å². The number of thiophene rings is 1. The first-order valence-corrected chi connectivity index (χ1v) is 9.83. The average Bonchev–Trinajstić information content (AvgIpc) is 2.99. The number of carbonyl (C=O) groups excluding carboxylic acids is 1. The summed E-state index contributed by atoms with van der Waals surface area (Å²) in [4.78, 5) is 27.9. The fourth-order valence-corrected chi connectivity index (χ4v) is 4.74. The molecular weight excluding hydrogens is 336 g/mol. The fourth-order valence-electron chi connectivity index (χ4n) is 3.63. The number of nitrogens with zero attached hydrogens (tertiary/aromatic N) is 4. The highest BCUT2D eigenvalue weighted by atomic mass is 32.1. The molecule has 0 radical (unpaired) electrons. The van der Waals surface area contributed by atoms with Crippen molar-refractivity contribution in [1.29, 1.82) is 0 Å². The second kappa shape index (κ2) is 6.88. The van der Waals surface area contributed by atoms with Crippen molar-refractivity contribution < 1.29 is 9.53 Å². The van der Waals surface area contributed by atoms with E-state index < -0.39 is 0 Å². The van der Waals surface area contributed by atoms with Gasteiger partial charge in [-0.15, -0.1) is 11.3 Å². The zero-order valence-electron chi connectivity index (χ0n) is 14.8. The summed E-state index contributed by atoms with van der Waals surface area (Å²) in [5.74, 6) is 1.87. The van der Waals surface area contributed by atoms with Gasteiger partial charge < -0.3 is 14.5 Å². The highest BCUT2D eigenvalue weighted by molar-refractivity contribution is 7.20. The zero-order valence-corrected chi connectivity index (χ0v) is 15.6. The van der Waals surface area contributed by atoms with Gasteiger partial charge in [0.05, 0.1) is 23.5 Å². The van der Waals surface area contributed by atoms with E-state index in [0.717, 1.165) is 45.5 Å². The van der Waals surface area contributed by atoms with Crippen LogP contribution in [-0.2, 0) is 4.74 Å². The number of anilines is 1. The summed E-state index contributed by atoms with van der Waals surface area (Å²) in [5.41, 5.74) is 1.02. The third kappa shape index (κ3) is 3.11. The van der Waals surface area contributed by atoms with Crippen molar-refractivity contribution in [1.82, 2.24) is 14.9 Å². The topological polar surface area (TPSA) is 58.6 Å². The Morgan fingerprint density at radius 3 is 2.64 bits per heavy atom. The van der Waals surface area contributed by atoms with Crippen LogP contribution in [0, 0.1) is 12.8 Å². The van der Waals surface area contributed by atoms with Gasteiger partial charge >= 0.3 is 0 Å². The van der Waals surface area contributed by atoms with Crippen molar-refractivity contribution >= 4 is 33.3 Å². The van der Waals surface area contributed by atoms with Gasteiger partial charge in [0.1, 0.15) is 17.0 Å². The maximum absolute atomic E-state index is 12.9. The van der Waals surface area contributed by atoms with Crippen molar-refractivity contribution in [2.45, 2.75) is 26.7 Å². The molecule has 2 aromatic rings. The van der Waals surface area contributed by atoms with Gasteiger partial charge in [-0.05, 0) is 31.2 Å². The minimum Gasteiger partial charge on any atom is -0.378 e. The first-order chi connectivity index (χ1) is 12.1. The lowest BCUT2D eigenvalue weighted by Gasteiger charge is -2.31. The van der Waals surface area contributed by atoms with Crippen LogP contribution in [0.5, 0.6) is 0 Å². The largest absolute Gasteiger partial charge is 0.378 e. The van der Waals surface area contributed by atoms with Crippen LogP contribution in [0.25, 0.3) is 10.2 Å². The van der Waals surface area contributed by atoms with Crippen LogP contribution in [-0.4, -0.2) is 60.2 Å². The van der Waals surface area contributed by atoms with E-state index in [1.807, 2.05) is 11.8 Å². The van der Waals surface area contributed by atoms with Crippen molar-refractivity contribution in [2.75, 3.05) is 44.3 Å². The number of carbonyl (C=O) groups is 1. The number of amides is 1. The van der Waals surface area contributed by atoms with Crippen LogP contribution in [0.4, 0.5) is 5.82 Å². The molecule has 134 valence electrons. The standard InChI is InChI=1S/C18H24N4O2S/c1-12-3-5-21(6-4-12)16-14-13(2)15(25-17(14)20-11-19-16)18(23)22-7-9-24-10-8-22/h11-12H,3-10H2,1-2H3. The number of fused-ring (bicyclic) bond motifs is 1. The Kier molecular flexibility index (Phi) is 4.60. The van der Waals surface area contributed by atoms with Crippen LogP contribution in [0.1, 0.15) is 35.0 Å². The molecule has 2 fully saturated rings. The van der Waals surface area contributed by atoms with E-state index in [1.165, 1.54) is 24.2 Å². The quantitative estimate of drug-likeness (QED) is 0.824. The number of ether oxygens (including phenoxy) is 1. The predicted octanol–water partition coefficient (Wildman–Crippen LogP) is 2.71. The van der Waals surface area contributed by atoms with E-state index in [1.54, 1.807) is 6.33 Å². The normalized spacial score (nSPS) is 19.6. The molecule has 0 spiro atoms. The van der Waals surface area contributed by atoms with Crippen LogP contribution in [0.3, 0.4) is 0 Å². The molecule has 2 aliphatic heterocycles. The Labute approximate surface area is 151 Å². The molecule has 0 bridgehead atoms. The van der Waals surface area contributed by atoms with Crippen LogP contribution in [0.2, 0.25) is 0 Å². The van der Waals surface area contributed by atoms with E-state index in [-0.39, 0.29) is 5.91 Å². The number of hydrogen-bond acceptors (Lipinski definition) is 6. The number of piperidine rings is 1. The fraction of sp³-hybridized carbons (Fsp3) is 0.611. The summed E-state index contributed by atoms with van der Waals surface area (Å²) in [5, 5.41) is 1.05. The average molecular weight is 360 g/mol. The monoisotopic (exact) mass is 360 g/mol. The van der Waals surface area contributed by atoms with Gasteiger partial charge in [-0.2, -0.15) is 0 Å². The molecule has 0 N–H and O–H groups in total. The third-order valence-electron chi connectivity index (χ3n) is 5.28. The Hall–Kier alpha value is -1.73. The van der Waals surface area contributed by atoms with Gasteiger partial charge in [-0.25, -0.2) is 9.97 Å². The summed E-state index contributed by atoms with van der Waals surface area (Å²) in [6.45, 7) is 8.95. The Bertz CT molecular complexity index is 777. The van der Waals surface area contributed by atoms with Gasteiger partial charge in [-0.1, -0.05) is 6.92 Å². The van der Waals surface area contributed by atoms with E-state index in [0.29, 0.717) is 26.3 Å². The Balaban J connectivity index is 1.70. The number of rotatable bonds is 2. The summed E-state index contributed by atoms with van der Waals surface area (Å²) in [6, 6.07) is 0. The molecule has 2 aliphatic rings. The number of hydrogen-bond donors (Lipinski definition) is 0. The number of aromatic nitrogens is 2. The molecular formula is C18H24N4O2S. The first kappa shape index (κ1) is 16.7. The van der Waals surface area contributed by atoms with Crippen LogP contribution in [0.15, 0.2) is 6.33 Å². The smallest absolute Gasteiger partial charge is 0.264 e. The maximum Gasteiger partial charge on any atom is 0.264 e. The lowest BCUT2D eigenvalue weighted by molar-refractivity contribution is 0.0306. The lowest BCUT2D eigenvalue weighted by Crippen LogP contribution is -2.40. The van der Waals surface area contributed by atoms with Gasteiger partial charge in [0, 0.05) is 26.2 Å². The zero-order chi connectivity index (χ0) is 17.4. The van der Waals surface area contributed by atoms with Crippen molar-refractivity contribution in [2.24, 2.45) is 5.92 Å². The molecule has 1 amide bonds. The van der Waals surface area contributed by atoms with E-state index in [9.17, 15) is 4.79 Å². The second-order valence-corrected chi connectivity index (χ2v) is 8.01. The highest BCUT2D eigenvalue weighted by Crippen LogP contribution is 2.36. The molecule has 0 saturated carbocycles. The summed E-state index contributed by atoms with van der Waals surface area (Å²) < 4.78 is 5.36. The maximum atomic E-state index is 12.9. The second-order valence-electron chi connectivity index (χ2n) is 7.01. The van der Waals surface area contributed by atoms with E-state index in [2.05, 4.69) is 21.8 Å².